The lowest BCUT2D eigenvalue weighted by molar-refractivity contribution is 0.653. The fraction of sp³-hybridized carbons (Fsp3) is 0.250. The number of piperazine rings is 1. The van der Waals surface area contributed by atoms with Crippen LogP contribution in [0.25, 0.3) is 0 Å². The molecule has 182 valence electrons. The van der Waals surface area contributed by atoms with Crippen LogP contribution in [-0.2, 0) is 0 Å². The molecule has 3 heteroatoms. The summed E-state index contributed by atoms with van der Waals surface area (Å²) in [5.41, 5.74) is 10.2. The van der Waals surface area contributed by atoms with Crippen LogP contribution in [0.15, 0.2) is 97.1 Å². The fourth-order valence-electron chi connectivity index (χ4n) is 4.17. The van der Waals surface area contributed by atoms with Gasteiger partial charge >= 0.3 is 0 Å². The standard InChI is InChI=1S/C18H22N2.C14H15N.H2/c1-15-3-7-17(8-4-15)19-11-13-20(14-12-19)18-9-5-16(2)6-10-18;1-11-3-7-13(8-4-11)15-14-9-5-12(2)6-10-14;/h3-10H,11-14H2,1-2H3;3-10,15H,1-2H3;1H. The molecule has 0 bridgehead atoms. The third-order valence-corrected chi connectivity index (χ3v) is 6.47. The van der Waals surface area contributed by atoms with Gasteiger partial charge in [-0.05, 0) is 76.2 Å². The first-order valence-electron chi connectivity index (χ1n) is 12.5. The molecule has 1 heterocycles. The number of nitrogens with zero attached hydrogens (tertiary/aromatic N) is 2. The van der Waals surface area contributed by atoms with E-state index in [-0.39, 0.29) is 1.43 Å². The number of hydrogen-bond acceptors (Lipinski definition) is 3. The SMILES string of the molecule is Cc1ccc(N2CCN(c3ccc(C)cc3)CC2)cc1.Cc1ccc(Nc2ccc(C)cc2)cc1.[HH]. The van der Waals surface area contributed by atoms with Crippen LogP contribution in [0.2, 0.25) is 0 Å². The molecule has 1 aliphatic rings. The Kier molecular flexibility index (Phi) is 8.10. The van der Waals surface area contributed by atoms with Crippen molar-refractivity contribution in [1.29, 1.82) is 0 Å². The second-order valence-electron chi connectivity index (χ2n) is 9.50. The highest BCUT2D eigenvalue weighted by Crippen LogP contribution is 2.21. The molecule has 0 unspecified atom stereocenters. The van der Waals surface area contributed by atoms with E-state index in [1.807, 2.05) is 0 Å². The monoisotopic (exact) mass is 465 g/mol. The number of hydrogen-bond donors (Lipinski definition) is 1. The summed E-state index contributed by atoms with van der Waals surface area (Å²) in [6.45, 7) is 12.8. The average Bonchev–Trinajstić information content (AvgIpc) is 2.88. The molecule has 0 radical (unpaired) electrons. The minimum atomic E-state index is 0. The van der Waals surface area contributed by atoms with Gasteiger partial charge in [0.1, 0.15) is 0 Å². The summed E-state index contributed by atoms with van der Waals surface area (Å²) < 4.78 is 0. The van der Waals surface area contributed by atoms with Crippen molar-refractivity contribution < 1.29 is 1.43 Å². The third-order valence-electron chi connectivity index (χ3n) is 6.47. The van der Waals surface area contributed by atoms with E-state index in [1.54, 1.807) is 0 Å². The molecule has 3 nitrogen and oxygen atoms in total. The maximum Gasteiger partial charge on any atom is 0.0384 e. The number of benzene rings is 4. The summed E-state index contributed by atoms with van der Waals surface area (Å²) in [5.74, 6) is 0. The van der Waals surface area contributed by atoms with Gasteiger partial charge in [0.15, 0.2) is 0 Å². The van der Waals surface area contributed by atoms with Crippen LogP contribution >= 0.6 is 0 Å². The van der Waals surface area contributed by atoms with E-state index in [9.17, 15) is 0 Å². The van der Waals surface area contributed by atoms with Crippen molar-refractivity contribution in [2.75, 3.05) is 41.3 Å². The Balaban J connectivity index is 0.000000203. The highest BCUT2D eigenvalue weighted by atomic mass is 15.3. The zero-order chi connectivity index (χ0) is 24.6. The van der Waals surface area contributed by atoms with Crippen LogP contribution in [0, 0.1) is 27.7 Å². The molecule has 0 spiro atoms. The smallest absolute Gasteiger partial charge is 0.0384 e. The lowest BCUT2D eigenvalue weighted by Crippen LogP contribution is -2.46. The molecule has 0 atom stereocenters. The zero-order valence-corrected chi connectivity index (χ0v) is 21.5. The number of anilines is 4. The normalized spacial score (nSPS) is 13.1. The van der Waals surface area contributed by atoms with Gasteiger partial charge in [-0.1, -0.05) is 70.8 Å². The first kappa shape index (κ1) is 24.4. The predicted octanol–water partition coefficient (Wildman–Crippen LogP) is 7.92. The predicted molar refractivity (Wildman–Crippen MR) is 155 cm³/mol. The van der Waals surface area contributed by atoms with Gasteiger partial charge in [0.2, 0.25) is 0 Å². The quantitative estimate of drug-likeness (QED) is 0.330. The van der Waals surface area contributed by atoms with Crippen molar-refractivity contribution in [3.63, 3.8) is 0 Å². The van der Waals surface area contributed by atoms with E-state index >= 15 is 0 Å². The Hall–Kier alpha value is -3.72. The fourth-order valence-corrected chi connectivity index (χ4v) is 4.17. The summed E-state index contributed by atoms with van der Waals surface area (Å²) in [5, 5.41) is 3.36. The molecule has 4 aromatic rings. The highest BCUT2D eigenvalue weighted by Gasteiger charge is 2.17. The van der Waals surface area contributed by atoms with Crippen LogP contribution in [0.1, 0.15) is 23.7 Å². The van der Waals surface area contributed by atoms with Gasteiger partial charge in [0, 0.05) is 50.4 Å². The summed E-state index contributed by atoms with van der Waals surface area (Å²) >= 11 is 0. The highest BCUT2D eigenvalue weighted by molar-refractivity contribution is 5.60. The second-order valence-corrected chi connectivity index (χ2v) is 9.50. The Morgan fingerprint density at radius 2 is 0.686 bits per heavy atom. The summed E-state index contributed by atoms with van der Waals surface area (Å²) in [6.07, 6.45) is 0. The number of aryl methyl sites for hydroxylation is 4. The Morgan fingerprint density at radius 1 is 0.429 bits per heavy atom. The molecular formula is C32H39N3. The van der Waals surface area contributed by atoms with Gasteiger partial charge in [-0.15, -0.1) is 0 Å². The molecule has 0 amide bonds. The van der Waals surface area contributed by atoms with E-state index in [2.05, 4.69) is 140 Å². The van der Waals surface area contributed by atoms with Gasteiger partial charge in [-0.25, -0.2) is 0 Å². The summed E-state index contributed by atoms with van der Waals surface area (Å²) in [4.78, 5) is 4.95. The van der Waals surface area contributed by atoms with Crippen LogP contribution < -0.4 is 15.1 Å². The zero-order valence-electron chi connectivity index (χ0n) is 21.5. The molecule has 1 N–H and O–H groups in total. The summed E-state index contributed by atoms with van der Waals surface area (Å²) in [6, 6.07) is 34.5. The van der Waals surface area contributed by atoms with E-state index in [0.717, 1.165) is 37.6 Å². The molecular weight excluding hydrogens is 426 g/mol. The maximum atomic E-state index is 3.36. The lowest BCUT2D eigenvalue weighted by atomic mass is 10.1. The first-order valence-corrected chi connectivity index (χ1v) is 12.5. The van der Waals surface area contributed by atoms with Crippen molar-refractivity contribution in [1.82, 2.24) is 0 Å². The van der Waals surface area contributed by atoms with E-state index in [1.165, 1.54) is 33.6 Å². The van der Waals surface area contributed by atoms with Gasteiger partial charge in [0.05, 0.1) is 0 Å². The van der Waals surface area contributed by atoms with Crippen molar-refractivity contribution in [3.05, 3.63) is 119 Å². The third kappa shape index (κ3) is 7.13. The summed E-state index contributed by atoms with van der Waals surface area (Å²) in [7, 11) is 0. The minimum absolute atomic E-state index is 0. The van der Waals surface area contributed by atoms with Crippen LogP contribution in [0.3, 0.4) is 0 Å². The molecule has 5 rings (SSSR count). The van der Waals surface area contributed by atoms with Crippen molar-refractivity contribution >= 4 is 22.7 Å². The first-order chi connectivity index (χ1) is 17.0. The second kappa shape index (κ2) is 11.6. The molecule has 1 aliphatic heterocycles. The van der Waals surface area contributed by atoms with Crippen molar-refractivity contribution in [2.24, 2.45) is 0 Å². The lowest BCUT2D eigenvalue weighted by Gasteiger charge is -2.37. The topological polar surface area (TPSA) is 18.5 Å². The Labute approximate surface area is 212 Å². The number of nitrogens with one attached hydrogen (secondary N) is 1. The van der Waals surface area contributed by atoms with Gasteiger partial charge < -0.3 is 15.1 Å². The molecule has 0 aliphatic carbocycles. The van der Waals surface area contributed by atoms with Crippen LogP contribution in [0.5, 0.6) is 0 Å². The van der Waals surface area contributed by atoms with Gasteiger partial charge in [0.25, 0.3) is 0 Å². The molecule has 0 saturated carbocycles. The van der Waals surface area contributed by atoms with Crippen LogP contribution in [-0.4, -0.2) is 26.2 Å². The molecule has 1 fully saturated rings. The maximum absolute atomic E-state index is 3.36. The Bertz CT molecular complexity index is 1080. The molecule has 35 heavy (non-hydrogen) atoms. The Morgan fingerprint density at radius 3 is 0.971 bits per heavy atom. The van der Waals surface area contributed by atoms with Crippen molar-refractivity contribution in [2.45, 2.75) is 27.7 Å². The largest absolute Gasteiger partial charge is 0.368 e. The van der Waals surface area contributed by atoms with E-state index in [0.29, 0.717) is 0 Å². The average molecular weight is 466 g/mol. The number of rotatable bonds is 4. The minimum Gasteiger partial charge on any atom is -0.368 e. The van der Waals surface area contributed by atoms with Crippen LogP contribution in [0.4, 0.5) is 22.7 Å². The molecule has 4 aromatic carbocycles. The van der Waals surface area contributed by atoms with E-state index in [4.69, 9.17) is 0 Å². The van der Waals surface area contributed by atoms with E-state index < -0.39 is 0 Å². The molecule has 1 saturated heterocycles. The van der Waals surface area contributed by atoms with Gasteiger partial charge in [-0.3, -0.25) is 0 Å². The van der Waals surface area contributed by atoms with Gasteiger partial charge in [-0.2, -0.15) is 0 Å². The van der Waals surface area contributed by atoms with Crippen molar-refractivity contribution in [3.8, 4) is 0 Å². The molecule has 0 aromatic heterocycles.